The number of aryl methyl sites for hydroxylation is 1. The molecule has 0 radical (unpaired) electrons. The van der Waals surface area contributed by atoms with Crippen LogP contribution in [-0.2, 0) is 0 Å². The minimum absolute atomic E-state index is 0.243. The molecular formula is C10H9ClN4O. The molecule has 0 unspecified atom stereocenters. The average molecular weight is 237 g/mol. The van der Waals surface area contributed by atoms with Gasteiger partial charge in [-0.25, -0.2) is 0 Å². The van der Waals surface area contributed by atoms with Gasteiger partial charge in [-0.3, -0.25) is 4.79 Å². The van der Waals surface area contributed by atoms with Gasteiger partial charge < -0.3 is 5.32 Å². The number of hydrogen-bond donors (Lipinski definition) is 2. The topological polar surface area (TPSA) is 70.7 Å². The monoisotopic (exact) mass is 236 g/mol. The first-order valence-corrected chi connectivity index (χ1v) is 4.98. The van der Waals surface area contributed by atoms with Crippen LogP contribution in [0.5, 0.6) is 0 Å². The third-order valence-electron chi connectivity index (χ3n) is 2.06. The van der Waals surface area contributed by atoms with Crippen LogP contribution in [0, 0.1) is 6.92 Å². The van der Waals surface area contributed by atoms with Crippen molar-refractivity contribution in [1.82, 2.24) is 15.4 Å². The Bertz CT molecular complexity index is 510. The summed E-state index contributed by atoms with van der Waals surface area (Å²) in [5.41, 5.74) is 1.82. The number of carbonyl (C=O) groups excluding carboxylic acids is 1. The highest BCUT2D eigenvalue weighted by atomic mass is 35.5. The lowest BCUT2D eigenvalue weighted by molar-refractivity contribution is 0.102. The summed E-state index contributed by atoms with van der Waals surface area (Å²) in [6, 6.07) is 5.25. The Morgan fingerprint density at radius 2 is 2.31 bits per heavy atom. The quantitative estimate of drug-likeness (QED) is 0.838. The van der Waals surface area contributed by atoms with E-state index in [1.54, 1.807) is 18.2 Å². The molecule has 16 heavy (non-hydrogen) atoms. The van der Waals surface area contributed by atoms with E-state index in [4.69, 9.17) is 11.6 Å². The minimum atomic E-state index is -0.310. The van der Waals surface area contributed by atoms with E-state index in [9.17, 15) is 4.79 Å². The zero-order valence-electron chi connectivity index (χ0n) is 8.49. The number of H-pyrrole nitrogens is 1. The molecule has 82 valence electrons. The fourth-order valence-corrected chi connectivity index (χ4v) is 1.35. The van der Waals surface area contributed by atoms with Crippen molar-refractivity contribution in [3.8, 4) is 0 Å². The van der Waals surface area contributed by atoms with Gasteiger partial charge in [0.1, 0.15) is 0 Å². The van der Waals surface area contributed by atoms with Crippen LogP contribution in [0.15, 0.2) is 24.4 Å². The summed E-state index contributed by atoms with van der Waals surface area (Å²) in [6.07, 6.45) is 1.36. The fraction of sp³-hybridized carbons (Fsp3) is 0.100. The van der Waals surface area contributed by atoms with Gasteiger partial charge in [0.25, 0.3) is 5.91 Å². The molecule has 0 fully saturated rings. The number of rotatable bonds is 2. The van der Waals surface area contributed by atoms with Gasteiger partial charge in [-0.15, -0.1) is 0 Å². The average Bonchev–Trinajstić information content (AvgIpc) is 2.77. The molecule has 0 spiro atoms. The first-order valence-electron chi connectivity index (χ1n) is 4.60. The van der Waals surface area contributed by atoms with E-state index in [1.165, 1.54) is 6.20 Å². The molecule has 1 heterocycles. The summed E-state index contributed by atoms with van der Waals surface area (Å²) in [6.45, 7) is 1.87. The number of benzene rings is 1. The number of nitrogens with one attached hydrogen (secondary N) is 2. The first-order chi connectivity index (χ1) is 7.66. The SMILES string of the molecule is Cc1cc(NC(=O)c2cn[nH]n2)ccc1Cl. The lowest BCUT2D eigenvalue weighted by Gasteiger charge is -2.04. The minimum Gasteiger partial charge on any atom is -0.321 e. The third-order valence-corrected chi connectivity index (χ3v) is 2.49. The van der Waals surface area contributed by atoms with Crippen LogP contribution < -0.4 is 5.32 Å². The largest absolute Gasteiger partial charge is 0.321 e. The van der Waals surface area contributed by atoms with Crippen molar-refractivity contribution in [3.63, 3.8) is 0 Å². The summed E-state index contributed by atoms with van der Waals surface area (Å²) in [7, 11) is 0. The highest BCUT2D eigenvalue weighted by Crippen LogP contribution is 2.19. The zero-order chi connectivity index (χ0) is 11.5. The first kappa shape index (κ1) is 10.6. The van der Waals surface area contributed by atoms with E-state index in [0.717, 1.165) is 5.56 Å². The van der Waals surface area contributed by atoms with Gasteiger partial charge in [0.15, 0.2) is 5.69 Å². The number of carbonyl (C=O) groups is 1. The number of nitrogens with zero attached hydrogens (tertiary/aromatic N) is 2. The molecule has 0 aliphatic carbocycles. The van der Waals surface area contributed by atoms with Crippen molar-refractivity contribution in [3.05, 3.63) is 40.7 Å². The van der Waals surface area contributed by atoms with Gasteiger partial charge in [0.2, 0.25) is 0 Å². The van der Waals surface area contributed by atoms with Crippen molar-refractivity contribution < 1.29 is 4.79 Å². The Kier molecular flexibility index (Phi) is 2.87. The second kappa shape index (κ2) is 4.32. The number of hydrogen-bond acceptors (Lipinski definition) is 3. The van der Waals surface area contributed by atoms with Crippen LogP contribution >= 0.6 is 11.6 Å². The van der Waals surface area contributed by atoms with Crippen LogP contribution in [0.1, 0.15) is 16.1 Å². The van der Waals surface area contributed by atoms with Crippen LogP contribution in [0.25, 0.3) is 0 Å². The van der Waals surface area contributed by atoms with Crippen molar-refractivity contribution in [2.24, 2.45) is 0 Å². The Labute approximate surface area is 96.8 Å². The molecule has 0 aliphatic heterocycles. The van der Waals surface area contributed by atoms with E-state index < -0.39 is 0 Å². The Morgan fingerprint density at radius 3 is 2.94 bits per heavy atom. The molecule has 2 rings (SSSR count). The molecule has 0 bridgehead atoms. The van der Waals surface area contributed by atoms with Crippen LogP contribution in [0.2, 0.25) is 5.02 Å². The van der Waals surface area contributed by atoms with E-state index >= 15 is 0 Å². The molecule has 1 amide bonds. The maximum atomic E-state index is 11.6. The van der Waals surface area contributed by atoms with E-state index in [2.05, 4.69) is 20.7 Å². The number of anilines is 1. The maximum absolute atomic E-state index is 11.6. The van der Waals surface area contributed by atoms with Gasteiger partial charge in [0.05, 0.1) is 6.20 Å². The number of aromatic nitrogens is 3. The predicted octanol–water partition coefficient (Wildman–Crippen LogP) is 2.02. The molecular weight excluding hydrogens is 228 g/mol. The van der Waals surface area contributed by atoms with Gasteiger partial charge in [0, 0.05) is 10.7 Å². The Morgan fingerprint density at radius 1 is 1.50 bits per heavy atom. The number of halogens is 1. The van der Waals surface area contributed by atoms with Crippen molar-refractivity contribution in [2.75, 3.05) is 5.32 Å². The van der Waals surface area contributed by atoms with E-state index in [-0.39, 0.29) is 11.6 Å². The van der Waals surface area contributed by atoms with Crippen molar-refractivity contribution in [1.29, 1.82) is 0 Å². The van der Waals surface area contributed by atoms with Crippen LogP contribution in [-0.4, -0.2) is 21.3 Å². The standard InChI is InChI=1S/C10H9ClN4O/c1-6-4-7(2-3-8(6)11)13-10(16)9-5-12-15-14-9/h2-5H,1H3,(H,13,16)(H,12,14,15). The lowest BCUT2D eigenvalue weighted by atomic mass is 10.2. The summed E-state index contributed by atoms with van der Waals surface area (Å²) in [4.78, 5) is 11.6. The molecule has 0 atom stereocenters. The lowest BCUT2D eigenvalue weighted by Crippen LogP contribution is -2.12. The number of amides is 1. The second-order valence-corrected chi connectivity index (χ2v) is 3.68. The summed E-state index contributed by atoms with van der Waals surface area (Å²) >= 11 is 5.88. The van der Waals surface area contributed by atoms with Crippen LogP contribution in [0.4, 0.5) is 5.69 Å². The fourth-order valence-electron chi connectivity index (χ4n) is 1.23. The van der Waals surface area contributed by atoms with E-state index in [0.29, 0.717) is 10.7 Å². The molecule has 1 aromatic carbocycles. The maximum Gasteiger partial charge on any atom is 0.277 e. The van der Waals surface area contributed by atoms with Crippen molar-refractivity contribution in [2.45, 2.75) is 6.92 Å². The zero-order valence-corrected chi connectivity index (χ0v) is 9.25. The molecule has 2 aromatic rings. The van der Waals surface area contributed by atoms with Crippen LogP contribution in [0.3, 0.4) is 0 Å². The summed E-state index contributed by atoms with van der Waals surface area (Å²) in [5, 5.41) is 13.0. The van der Waals surface area contributed by atoms with Gasteiger partial charge >= 0.3 is 0 Å². The summed E-state index contributed by atoms with van der Waals surface area (Å²) in [5.74, 6) is -0.310. The predicted molar refractivity (Wildman–Crippen MR) is 60.5 cm³/mol. The van der Waals surface area contributed by atoms with Gasteiger partial charge in [-0.1, -0.05) is 11.6 Å². The Balaban J connectivity index is 2.15. The van der Waals surface area contributed by atoms with Gasteiger partial charge in [-0.2, -0.15) is 15.4 Å². The highest BCUT2D eigenvalue weighted by Gasteiger charge is 2.08. The molecule has 2 N–H and O–H groups in total. The van der Waals surface area contributed by atoms with Gasteiger partial charge in [-0.05, 0) is 30.7 Å². The molecule has 0 aliphatic rings. The third kappa shape index (κ3) is 2.20. The Hall–Kier alpha value is -1.88. The highest BCUT2D eigenvalue weighted by molar-refractivity contribution is 6.31. The molecule has 6 heteroatoms. The second-order valence-electron chi connectivity index (χ2n) is 3.27. The van der Waals surface area contributed by atoms with Crippen molar-refractivity contribution >= 4 is 23.2 Å². The molecule has 0 saturated heterocycles. The molecule has 5 nitrogen and oxygen atoms in total. The molecule has 1 aromatic heterocycles. The smallest absolute Gasteiger partial charge is 0.277 e. The summed E-state index contributed by atoms with van der Waals surface area (Å²) < 4.78 is 0. The van der Waals surface area contributed by atoms with E-state index in [1.807, 2.05) is 6.92 Å². The number of aromatic amines is 1. The normalized spacial score (nSPS) is 10.1. The molecule has 0 saturated carbocycles.